The second-order valence-corrected chi connectivity index (χ2v) is 16.0. The van der Waals surface area contributed by atoms with Crippen LogP contribution in [-0.4, -0.2) is 135 Å². The largest absolute Gasteiger partial charge is 0.394 e. The van der Waals surface area contributed by atoms with E-state index in [4.69, 9.17) is 9.47 Å². The van der Waals surface area contributed by atoms with Crippen molar-refractivity contribution in [3.8, 4) is 0 Å². The van der Waals surface area contributed by atoms with Gasteiger partial charge in [0.15, 0.2) is 12.1 Å². The van der Waals surface area contributed by atoms with Gasteiger partial charge in [-0.05, 0) is 89.2 Å². The number of rotatable bonds is 8. The Balaban J connectivity index is 1.48. The maximum atomic E-state index is 13.6. The van der Waals surface area contributed by atoms with E-state index in [2.05, 4.69) is 0 Å². The monoisotopic (exact) mass is 658 g/mol. The Morgan fingerprint density at radius 1 is 0.957 bits per heavy atom. The molecule has 0 bridgehead atoms. The van der Waals surface area contributed by atoms with E-state index in [9.17, 15) is 55.9 Å². The van der Waals surface area contributed by atoms with Gasteiger partial charge in [0.05, 0.1) is 41.7 Å². The molecule has 0 aromatic heterocycles. The lowest BCUT2D eigenvalue weighted by molar-refractivity contribution is -0.328. The van der Waals surface area contributed by atoms with Crippen molar-refractivity contribution >= 4 is 5.78 Å². The molecule has 0 spiro atoms. The summed E-state index contributed by atoms with van der Waals surface area (Å²) in [6.45, 7) is 7.68. The van der Waals surface area contributed by atoms with Gasteiger partial charge in [-0.1, -0.05) is 13.8 Å². The Kier molecular flexibility index (Phi) is 9.50. The van der Waals surface area contributed by atoms with Gasteiger partial charge in [-0.3, -0.25) is 4.79 Å². The molecule has 0 unspecified atom stereocenters. The average molecular weight is 659 g/mol. The number of fused-ring (bicyclic) bond motifs is 5. The zero-order valence-corrected chi connectivity index (χ0v) is 27.4. The van der Waals surface area contributed by atoms with Crippen molar-refractivity contribution in [1.82, 2.24) is 0 Å². The van der Waals surface area contributed by atoms with Crippen LogP contribution in [0.25, 0.3) is 0 Å². The molecule has 1 aliphatic heterocycles. The summed E-state index contributed by atoms with van der Waals surface area (Å²) >= 11 is 0. The Bertz CT molecular complexity index is 1180. The minimum atomic E-state index is -1.73. The summed E-state index contributed by atoms with van der Waals surface area (Å²) in [5, 5.41) is 109. The number of ether oxygens (including phenoxy) is 2. The molecule has 0 aromatic rings. The van der Waals surface area contributed by atoms with E-state index in [-0.39, 0.29) is 31.5 Å². The van der Waals surface area contributed by atoms with E-state index in [0.29, 0.717) is 24.8 Å². The lowest BCUT2D eigenvalue weighted by Gasteiger charge is -2.62. The maximum Gasteiger partial charge on any atom is 0.187 e. The third-order valence-corrected chi connectivity index (χ3v) is 12.8. The third kappa shape index (κ3) is 5.43. The van der Waals surface area contributed by atoms with E-state index < -0.39 is 107 Å². The molecule has 13 heteroatoms. The zero-order chi connectivity index (χ0) is 34.4. The van der Waals surface area contributed by atoms with Crippen LogP contribution in [0.5, 0.6) is 0 Å². The highest BCUT2D eigenvalue weighted by atomic mass is 16.7. The van der Waals surface area contributed by atoms with Crippen molar-refractivity contribution in [2.24, 2.45) is 28.6 Å². The molecule has 4 fully saturated rings. The molecule has 46 heavy (non-hydrogen) atoms. The highest BCUT2D eigenvalue weighted by Gasteiger charge is 2.70. The fraction of sp³-hybridized carbons (Fsp3) is 0.909. The van der Waals surface area contributed by atoms with E-state index in [1.165, 1.54) is 6.08 Å². The molecular formula is C33H54O13. The molecule has 13 nitrogen and oxygen atoms in total. The molecule has 4 aliphatic carbocycles. The summed E-state index contributed by atoms with van der Waals surface area (Å²) in [6.07, 6.45) is -10.0. The van der Waals surface area contributed by atoms with Gasteiger partial charge in [0.1, 0.15) is 30.5 Å². The molecule has 1 heterocycles. The van der Waals surface area contributed by atoms with Crippen molar-refractivity contribution < 1.29 is 65.3 Å². The predicted molar refractivity (Wildman–Crippen MR) is 161 cm³/mol. The van der Waals surface area contributed by atoms with E-state index in [1.807, 2.05) is 6.92 Å². The fourth-order valence-electron chi connectivity index (χ4n) is 9.89. The van der Waals surface area contributed by atoms with Crippen LogP contribution in [0.4, 0.5) is 0 Å². The molecule has 3 saturated carbocycles. The Hall–Kier alpha value is -1.07. The van der Waals surface area contributed by atoms with Crippen molar-refractivity contribution in [2.75, 3.05) is 6.61 Å². The molecule has 16 atom stereocenters. The first-order chi connectivity index (χ1) is 21.1. The number of allylic oxidation sites excluding steroid dienone is 1. The first-order valence-electron chi connectivity index (χ1n) is 16.6. The molecule has 5 aliphatic rings. The van der Waals surface area contributed by atoms with Gasteiger partial charge in [0.2, 0.25) is 0 Å². The minimum absolute atomic E-state index is 0.000943. The summed E-state index contributed by atoms with van der Waals surface area (Å²) in [4.78, 5) is 13.6. The Morgan fingerprint density at radius 2 is 1.61 bits per heavy atom. The van der Waals surface area contributed by atoms with Crippen molar-refractivity contribution in [3.63, 3.8) is 0 Å². The number of aliphatic hydroxyl groups excluding tert-OH is 7. The number of ketones is 1. The molecule has 0 radical (unpaired) electrons. The quantitative estimate of drug-likeness (QED) is 0.145. The lowest BCUT2D eigenvalue weighted by Crippen LogP contribution is -2.67. The van der Waals surface area contributed by atoms with E-state index >= 15 is 0 Å². The maximum absolute atomic E-state index is 13.6. The normalized spacial score (nSPS) is 49.8. The van der Waals surface area contributed by atoms with Crippen LogP contribution in [-0.2, 0) is 14.3 Å². The molecule has 0 aromatic carbocycles. The van der Waals surface area contributed by atoms with Crippen LogP contribution in [0.1, 0.15) is 79.6 Å². The summed E-state index contributed by atoms with van der Waals surface area (Å²) in [6, 6.07) is 0. The summed E-state index contributed by atoms with van der Waals surface area (Å²) in [5.41, 5.74) is -6.14. The average Bonchev–Trinajstić information content (AvgIpc) is 3.26. The third-order valence-electron chi connectivity index (χ3n) is 12.8. The number of carbonyl (C=O) groups is 1. The molecule has 0 amide bonds. The smallest absolute Gasteiger partial charge is 0.187 e. The Morgan fingerprint density at radius 3 is 2.22 bits per heavy atom. The second kappa shape index (κ2) is 12.1. The zero-order valence-electron chi connectivity index (χ0n) is 27.4. The fourth-order valence-corrected chi connectivity index (χ4v) is 9.89. The number of carbonyl (C=O) groups excluding carboxylic acids is 1. The van der Waals surface area contributed by atoms with Crippen LogP contribution in [0.15, 0.2) is 11.6 Å². The predicted octanol–water partition coefficient (Wildman–Crippen LogP) is -1.35. The topological polar surface area (TPSA) is 238 Å². The van der Waals surface area contributed by atoms with Gasteiger partial charge in [0, 0.05) is 16.7 Å². The van der Waals surface area contributed by atoms with Gasteiger partial charge < -0.3 is 60.5 Å². The second-order valence-electron chi connectivity index (χ2n) is 16.0. The molecule has 5 rings (SSSR count). The van der Waals surface area contributed by atoms with E-state index in [1.54, 1.807) is 27.7 Å². The molecular weight excluding hydrogens is 604 g/mol. The van der Waals surface area contributed by atoms with Crippen LogP contribution >= 0.6 is 0 Å². The first-order valence-corrected chi connectivity index (χ1v) is 16.6. The van der Waals surface area contributed by atoms with Gasteiger partial charge >= 0.3 is 0 Å². The van der Waals surface area contributed by atoms with Crippen LogP contribution in [0.2, 0.25) is 0 Å². The molecule has 10 N–H and O–H groups in total. The van der Waals surface area contributed by atoms with Crippen molar-refractivity contribution in [3.05, 3.63) is 11.6 Å². The van der Waals surface area contributed by atoms with Gasteiger partial charge in [0.25, 0.3) is 0 Å². The van der Waals surface area contributed by atoms with Crippen LogP contribution in [0, 0.1) is 28.6 Å². The van der Waals surface area contributed by atoms with Gasteiger partial charge in [-0.25, -0.2) is 0 Å². The SMILES string of the molecule is CC(C)(O)CC[C@@H](O[C@@H]1O[C@H](CO)[C@H](O)[C@H](O)[C@H]1O)[C@](C)(O)[C@H]1CC[C@@]2(O)C3=CC(=O)[C@@H]4C[C@@H](O)[C@@H](O)[C@@H](O)[C@]4(C)[C@H]3CC[C@]12C. The van der Waals surface area contributed by atoms with Crippen LogP contribution < -0.4 is 0 Å². The number of hydrogen-bond acceptors (Lipinski definition) is 13. The standard InChI is InChI=1S/C33H54O13/c1-29(2,42)9-8-22(46-28-26(40)25(39)24(38)20(14-34)45-28)32(5,43)21-7-11-33(44)16-12-18(35)17-13-19(36)23(37)27(41)31(17,4)15(16)6-10-30(21,33)3/h12,15,17,19-28,34,36-44H,6-11,13-14H2,1-5H3/t15-,17-,19+,20+,21-,22+,23+,24-,25-,26+,27+,28-,30+,31+,32+,33+/m0/s1. The summed E-state index contributed by atoms with van der Waals surface area (Å²) in [7, 11) is 0. The van der Waals surface area contributed by atoms with Crippen molar-refractivity contribution in [1.29, 1.82) is 0 Å². The number of hydrogen-bond donors (Lipinski definition) is 10. The summed E-state index contributed by atoms with van der Waals surface area (Å²) in [5.74, 6) is -2.18. The van der Waals surface area contributed by atoms with Crippen LogP contribution in [0.3, 0.4) is 0 Å². The highest BCUT2D eigenvalue weighted by Crippen LogP contribution is 2.68. The minimum Gasteiger partial charge on any atom is -0.394 e. The summed E-state index contributed by atoms with van der Waals surface area (Å²) < 4.78 is 11.8. The van der Waals surface area contributed by atoms with Gasteiger partial charge in [-0.2, -0.15) is 0 Å². The van der Waals surface area contributed by atoms with Crippen molar-refractivity contribution in [2.45, 2.75) is 151 Å². The molecule has 1 saturated heterocycles. The highest BCUT2D eigenvalue weighted by molar-refractivity contribution is 5.95. The molecule has 264 valence electrons. The first kappa shape index (κ1) is 36.2. The number of aliphatic hydroxyl groups is 10. The Labute approximate surface area is 269 Å². The lowest BCUT2D eigenvalue weighted by atomic mass is 9.45. The van der Waals surface area contributed by atoms with Gasteiger partial charge in [-0.15, -0.1) is 0 Å². The van der Waals surface area contributed by atoms with E-state index in [0.717, 1.165) is 0 Å².